The fourth-order valence-corrected chi connectivity index (χ4v) is 5.80. The predicted octanol–water partition coefficient (Wildman–Crippen LogP) is 4.86. The van der Waals surface area contributed by atoms with E-state index in [1.165, 1.54) is 42.5 Å². The molecule has 2 aliphatic heterocycles. The number of carbonyl (C=O) groups is 1. The zero-order chi connectivity index (χ0) is 20.6. The molecule has 0 aromatic heterocycles. The van der Waals surface area contributed by atoms with Crippen molar-refractivity contribution in [2.24, 2.45) is 0 Å². The van der Waals surface area contributed by atoms with Crippen molar-refractivity contribution in [3.05, 3.63) is 70.5 Å². The van der Waals surface area contributed by atoms with Gasteiger partial charge in [0.1, 0.15) is 5.82 Å². The number of aryl methyl sites for hydroxylation is 2. The third-order valence-electron chi connectivity index (χ3n) is 7.51. The van der Waals surface area contributed by atoms with Crippen LogP contribution in [0.15, 0.2) is 42.5 Å². The number of carbonyl (C=O) groups excluding carboxylic acids is 1. The van der Waals surface area contributed by atoms with Crippen molar-refractivity contribution >= 4 is 5.91 Å². The summed E-state index contributed by atoms with van der Waals surface area (Å²) in [7, 11) is 0. The van der Waals surface area contributed by atoms with Crippen LogP contribution in [-0.2, 0) is 30.7 Å². The molecule has 2 saturated heterocycles. The van der Waals surface area contributed by atoms with Gasteiger partial charge in [0.2, 0.25) is 5.91 Å². The standard InChI is InChI=1S/C26H31FN2O/c27-24-9-6-20(7-10-24)19-29-25(30)11-13-26(29)12-2-15-28(16-14-26)18-21-5-8-22-3-1-4-23(22)17-21/h5-10,17H,1-4,11-16,18-19H2. The molecule has 1 unspecified atom stereocenters. The summed E-state index contributed by atoms with van der Waals surface area (Å²) in [6.07, 6.45) is 8.59. The fourth-order valence-electron chi connectivity index (χ4n) is 5.80. The van der Waals surface area contributed by atoms with Gasteiger partial charge in [0.25, 0.3) is 0 Å². The smallest absolute Gasteiger partial charge is 0.223 e. The molecule has 2 aromatic carbocycles. The van der Waals surface area contributed by atoms with Gasteiger partial charge in [-0.3, -0.25) is 9.69 Å². The lowest BCUT2D eigenvalue weighted by Gasteiger charge is -2.38. The highest BCUT2D eigenvalue weighted by molar-refractivity contribution is 5.79. The van der Waals surface area contributed by atoms with Gasteiger partial charge < -0.3 is 4.90 Å². The Hall–Kier alpha value is -2.20. The van der Waals surface area contributed by atoms with E-state index < -0.39 is 0 Å². The van der Waals surface area contributed by atoms with Gasteiger partial charge in [-0.1, -0.05) is 30.3 Å². The van der Waals surface area contributed by atoms with E-state index in [-0.39, 0.29) is 17.3 Å². The number of benzene rings is 2. The number of amides is 1. The van der Waals surface area contributed by atoms with Crippen molar-refractivity contribution in [3.63, 3.8) is 0 Å². The second-order valence-electron chi connectivity index (χ2n) is 9.42. The Labute approximate surface area is 178 Å². The molecule has 0 N–H and O–H groups in total. The van der Waals surface area contributed by atoms with E-state index in [0.717, 1.165) is 50.9 Å². The molecule has 2 aromatic rings. The molecular formula is C26H31FN2O. The lowest BCUT2D eigenvalue weighted by Crippen LogP contribution is -2.45. The van der Waals surface area contributed by atoms with Gasteiger partial charge in [-0.05, 0) is 85.9 Å². The fraction of sp³-hybridized carbons (Fsp3) is 0.500. The summed E-state index contributed by atoms with van der Waals surface area (Å²) in [6, 6.07) is 13.7. The van der Waals surface area contributed by atoms with E-state index >= 15 is 0 Å². The highest BCUT2D eigenvalue weighted by Crippen LogP contribution is 2.40. The Morgan fingerprint density at radius 1 is 0.800 bits per heavy atom. The van der Waals surface area contributed by atoms with E-state index in [2.05, 4.69) is 28.0 Å². The van der Waals surface area contributed by atoms with Crippen molar-refractivity contribution in [2.45, 2.75) is 70.0 Å². The molecule has 4 heteroatoms. The van der Waals surface area contributed by atoms with Gasteiger partial charge in [0.05, 0.1) is 0 Å². The molecule has 158 valence electrons. The van der Waals surface area contributed by atoms with Crippen LogP contribution in [-0.4, -0.2) is 34.3 Å². The number of likely N-dealkylation sites (tertiary alicyclic amines) is 2. The molecule has 1 atom stereocenters. The molecule has 1 spiro atoms. The average molecular weight is 407 g/mol. The summed E-state index contributed by atoms with van der Waals surface area (Å²) in [6.45, 7) is 3.74. The Balaban J connectivity index is 1.27. The Morgan fingerprint density at radius 3 is 2.47 bits per heavy atom. The highest BCUT2D eigenvalue weighted by Gasteiger charge is 2.45. The van der Waals surface area contributed by atoms with Crippen molar-refractivity contribution < 1.29 is 9.18 Å². The largest absolute Gasteiger partial charge is 0.333 e. The third-order valence-corrected chi connectivity index (χ3v) is 7.51. The number of hydrogen-bond acceptors (Lipinski definition) is 2. The first-order valence-corrected chi connectivity index (χ1v) is 11.5. The number of nitrogens with zero attached hydrogens (tertiary/aromatic N) is 2. The van der Waals surface area contributed by atoms with E-state index in [1.807, 2.05) is 12.1 Å². The molecule has 5 rings (SSSR count). The van der Waals surface area contributed by atoms with Gasteiger partial charge in [0, 0.05) is 31.6 Å². The summed E-state index contributed by atoms with van der Waals surface area (Å²) in [4.78, 5) is 17.4. The normalized spacial score (nSPS) is 24.4. The molecule has 0 radical (unpaired) electrons. The Kier molecular flexibility index (Phi) is 5.36. The zero-order valence-electron chi connectivity index (χ0n) is 17.7. The first-order valence-electron chi connectivity index (χ1n) is 11.5. The van der Waals surface area contributed by atoms with Crippen molar-refractivity contribution in [1.82, 2.24) is 9.80 Å². The number of hydrogen-bond donors (Lipinski definition) is 0. The SMILES string of the molecule is O=C1CCC2(CCCN(Cc3ccc4c(c3)CCC4)CC2)N1Cc1ccc(F)cc1. The van der Waals surface area contributed by atoms with Crippen LogP contribution in [0.1, 0.15) is 60.8 Å². The van der Waals surface area contributed by atoms with Crippen LogP contribution in [0.2, 0.25) is 0 Å². The molecule has 2 heterocycles. The summed E-state index contributed by atoms with van der Waals surface area (Å²) in [5, 5.41) is 0. The molecule has 0 bridgehead atoms. The van der Waals surface area contributed by atoms with Crippen LogP contribution >= 0.6 is 0 Å². The molecule has 0 saturated carbocycles. The number of halogens is 1. The molecule has 1 amide bonds. The van der Waals surface area contributed by atoms with Gasteiger partial charge in [0.15, 0.2) is 0 Å². The summed E-state index contributed by atoms with van der Waals surface area (Å²) < 4.78 is 13.3. The lowest BCUT2D eigenvalue weighted by atomic mass is 9.87. The van der Waals surface area contributed by atoms with Crippen LogP contribution in [0.5, 0.6) is 0 Å². The average Bonchev–Trinajstić information content (AvgIpc) is 3.26. The van der Waals surface area contributed by atoms with Crippen molar-refractivity contribution in [3.8, 4) is 0 Å². The lowest BCUT2D eigenvalue weighted by molar-refractivity contribution is -0.132. The second kappa shape index (κ2) is 8.14. The van der Waals surface area contributed by atoms with E-state index in [1.54, 1.807) is 5.56 Å². The number of rotatable bonds is 4. The highest BCUT2D eigenvalue weighted by atomic mass is 19.1. The zero-order valence-corrected chi connectivity index (χ0v) is 17.7. The van der Waals surface area contributed by atoms with Crippen molar-refractivity contribution in [2.75, 3.05) is 13.1 Å². The molecular weight excluding hydrogens is 375 g/mol. The summed E-state index contributed by atoms with van der Waals surface area (Å²) in [5.74, 6) is 0.0317. The van der Waals surface area contributed by atoms with E-state index in [0.29, 0.717) is 13.0 Å². The Bertz CT molecular complexity index is 925. The second-order valence-corrected chi connectivity index (χ2v) is 9.42. The Morgan fingerprint density at radius 2 is 1.60 bits per heavy atom. The first kappa shape index (κ1) is 19.7. The van der Waals surface area contributed by atoms with Crippen LogP contribution < -0.4 is 0 Å². The van der Waals surface area contributed by atoms with Gasteiger partial charge in [-0.15, -0.1) is 0 Å². The van der Waals surface area contributed by atoms with Crippen LogP contribution in [0, 0.1) is 5.82 Å². The molecule has 1 aliphatic carbocycles. The third kappa shape index (κ3) is 3.90. The van der Waals surface area contributed by atoms with E-state index in [4.69, 9.17) is 0 Å². The molecule has 30 heavy (non-hydrogen) atoms. The van der Waals surface area contributed by atoms with Crippen LogP contribution in [0.4, 0.5) is 4.39 Å². The van der Waals surface area contributed by atoms with Crippen LogP contribution in [0.3, 0.4) is 0 Å². The topological polar surface area (TPSA) is 23.6 Å². The maximum absolute atomic E-state index is 13.3. The van der Waals surface area contributed by atoms with Crippen LogP contribution in [0.25, 0.3) is 0 Å². The molecule has 3 nitrogen and oxygen atoms in total. The summed E-state index contributed by atoms with van der Waals surface area (Å²) >= 11 is 0. The minimum Gasteiger partial charge on any atom is -0.333 e. The quantitative estimate of drug-likeness (QED) is 0.724. The predicted molar refractivity (Wildman–Crippen MR) is 117 cm³/mol. The summed E-state index contributed by atoms with van der Waals surface area (Å²) in [5.41, 5.74) is 5.50. The monoisotopic (exact) mass is 406 g/mol. The minimum absolute atomic E-state index is 0.0296. The maximum Gasteiger partial charge on any atom is 0.223 e. The van der Waals surface area contributed by atoms with Gasteiger partial charge >= 0.3 is 0 Å². The molecule has 2 fully saturated rings. The first-order chi connectivity index (χ1) is 14.6. The maximum atomic E-state index is 13.3. The van der Waals surface area contributed by atoms with Gasteiger partial charge in [-0.2, -0.15) is 0 Å². The molecule has 3 aliphatic rings. The van der Waals surface area contributed by atoms with E-state index in [9.17, 15) is 9.18 Å². The number of fused-ring (bicyclic) bond motifs is 1. The van der Waals surface area contributed by atoms with Crippen molar-refractivity contribution in [1.29, 1.82) is 0 Å². The van der Waals surface area contributed by atoms with Gasteiger partial charge in [-0.25, -0.2) is 4.39 Å². The minimum atomic E-state index is -0.224.